The van der Waals surface area contributed by atoms with Gasteiger partial charge < -0.3 is 5.11 Å². The van der Waals surface area contributed by atoms with E-state index in [1.165, 1.54) is 24.0 Å². The summed E-state index contributed by atoms with van der Waals surface area (Å²) in [6.45, 7) is 10.0. The molecule has 1 aromatic rings. The van der Waals surface area contributed by atoms with E-state index in [0.29, 0.717) is 12.0 Å². The van der Waals surface area contributed by atoms with E-state index in [9.17, 15) is 5.11 Å². The number of likely N-dealkylation sites (N-methyl/N-ethyl adjacent to an activating group) is 1. The number of aryl methyl sites for hydroxylation is 1. The van der Waals surface area contributed by atoms with Crippen LogP contribution in [0.1, 0.15) is 44.7 Å². The van der Waals surface area contributed by atoms with E-state index in [-0.39, 0.29) is 16.9 Å². The summed E-state index contributed by atoms with van der Waals surface area (Å²) in [7, 11) is 2.17. The Labute approximate surface area is 129 Å². The van der Waals surface area contributed by atoms with Crippen molar-refractivity contribution in [2.75, 3.05) is 7.05 Å². The van der Waals surface area contributed by atoms with E-state index in [0.717, 1.165) is 6.54 Å². The first-order chi connectivity index (χ1) is 9.77. The maximum Gasteiger partial charge on any atom is 0.0756 e. The Morgan fingerprint density at radius 2 is 1.81 bits per heavy atom. The van der Waals surface area contributed by atoms with Crippen molar-refractivity contribution in [3.05, 3.63) is 35.4 Å². The second-order valence-corrected chi connectivity index (χ2v) is 8.12. The van der Waals surface area contributed by atoms with Gasteiger partial charge >= 0.3 is 0 Å². The molecule has 2 fully saturated rings. The van der Waals surface area contributed by atoms with E-state index in [1.54, 1.807) is 0 Å². The molecule has 2 saturated carbocycles. The first kappa shape index (κ1) is 15.1. The van der Waals surface area contributed by atoms with Crippen LogP contribution >= 0.6 is 0 Å². The van der Waals surface area contributed by atoms with Crippen molar-refractivity contribution in [3.63, 3.8) is 0 Å². The average Bonchev–Trinajstić information content (AvgIpc) is 2.73. The average molecular weight is 287 g/mol. The molecule has 0 spiro atoms. The minimum Gasteiger partial charge on any atom is -0.391 e. The summed E-state index contributed by atoms with van der Waals surface area (Å²) in [5, 5.41) is 10.9. The molecule has 2 aliphatic carbocycles. The molecule has 0 unspecified atom stereocenters. The Balaban J connectivity index is 1.80. The zero-order valence-corrected chi connectivity index (χ0v) is 14.1. The van der Waals surface area contributed by atoms with Gasteiger partial charge in [-0.25, -0.2) is 0 Å². The molecule has 1 aromatic carbocycles. The van der Waals surface area contributed by atoms with Crippen LogP contribution in [0.2, 0.25) is 0 Å². The predicted octanol–water partition coefficient (Wildman–Crippen LogP) is 3.61. The highest BCUT2D eigenvalue weighted by molar-refractivity contribution is 5.22. The highest BCUT2D eigenvalue weighted by Crippen LogP contribution is 2.66. The van der Waals surface area contributed by atoms with Crippen molar-refractivity contribution >= 4 is 0 Å². The van der Waals surface area contributed by atoms with Gasteiger partial charge in [-0.1, -0.05) is 50.6 Å². The molecule has 0 saturated heterocycles. The lowest BCUT2D eigenvalue weighted by molar-refractivity contribution is -0.0264. The lowest BCUT2D eigenvalue weighted by Crippen LogP contribution is -2.47. The van der Waals surface area contributed by atoms with Gasteiger partial charge in [0.15, 0.2) is 0 Å². The number of rotatable bonds is 3. The number of aliphatic hydroxyl groups excluding tert-OH is 1. The Bertz CT molecular complexity index is 521. The fourth-order valence-electron chi connectivity index (χ4n) is 4.92. The van der Waals surface area contributed by atoms with Gasteiger partial charge in [-0.15, -0.1) is 0 Å². The third-order valence-corrected chi connectivity index (χ3v) is 6.82. The van der Waals surface area contributed by atoms with Crippen LogP contribution in [0.3, 0.4) is 0 Å². The van der Waals surface area contributed by atoms with Crippen LogP contribution in [0.5, 0.6) is 0 Å². The predicted molar refractivity (Wildman–Crippen MR) is 87.1 cm³/mol. The van der Waals surface area contributed by atoms with Crippen LogP contribution in [0.15, 0.2) is 24.3 Å². The van der Waals surface area contributed by atoms with Crippen LogP contribution in [0, 0.1) is 23.7 Å². The Morgan fingerprint density at radius 3 is 2.33 bits per heavy atom. The fraction of sp³-hybridized carbons (Fsp3) is 0.684. The molecule has 3 rings (SSSR count). The third kappa shape index (κ3) is 2.07. The topological polar surface area (TPSA) is 23.5 Å². The van der Waals surface area contributed by atoms with Crippen molar-refractivity contribution in [2.45, 2.75) is 59.2 Å². The Kier molecular flexibility index (Phi) is 3.46. The van der Waals surface area contributed by atoms with Gasteiger partial charge in [-0.2, -0.15) is 0 Å². The zero-order valence-electron chi connectivity index (χ0n) is 14.1. The summed E-state index contributed by atoms with van der Waals surface area (Å²) >= 11 is 0. The van der Waals surface area contributed by atoms with Gasteiger partial charge in [-0.05, 0) is 43.7 Å². The Morgan fingerprint density at radius 1 is 1.19 bits per heavy atom. The van der Waals surface area contributed by atoms with Crippen molar-refractivity contribution in [3.8, 4) is 0 Å². The molecular weight excluding hydrogens is 258 g/mol. The number of benzene rings is 1. The summed E-state index contributed by atoms with van der Waals surface area (Å²) in [5.41, 5.74) is 2.94. The second-order valence-electron chi connectivity index (χ2n) is 8.12. The van der Waals surface area contributed by atoms with Crippen LogP contribution in [-0.4, -0.2) is 29.2 Å². The molecule has 2 aliphatic rings. The molecule has 21 heavy (non-hydrogen) atoms. The van der Waals surface area contributed by atoms with Gasteiger partial charge in [0.25, 0.3) is 0 Å². The summed E-state index contributed by atoms with van der Waals surface area (Å²) < 4.78 is 0. The number of nitrogens with zero attached hydrogens (tertiary/aromatic N) is 1. The molecule has 116 valence electrons. The summed E-state index contributed by atoms with van der Waals surface area (Å²) in [6, 6.07) is 9.05. The van der Waals surface area contributed by atoms with Crippen LogP contribution in [-0.2, 0) is 6.54 Å². The number of fused-ring (bicyclic) bond motifs is 2. The molecule has 2 bridgehead atoms. The maximum atomic E-state index is 10.9. The van der Waals surface area contributed by atoms with Crippen LogP contribution in [0.4, 0.5) is 0 Å². The molecule has 1 N–H and O–H groups in total. The van der Waals surface area contributed by atoms with E-state index in [4.69, 9.17) is 0 Å². The van der Waals surface area contributed by atoms with Gasteiger partial charge in [0.1, 0.15) is 0 Å². The largest absolute Gasteiger partial charge is 0.391 e. The SMILES string of the molecule is Cc1ccc(CN(C)[C@@H]2[C@H]3CC[C@@](C)([C@@H]2O)C3(C)C)cc1. The summed E-state index contributed by atoms with van der Waals surface area (Å²) in [5.74, 6) is 0.605. The van der Waals surface area contributed by atoms with Crippen molar-refractivity contribution < 1.29 is 5.11 Å². The molecule has 0 aliphatic heterocycles. The van der Waals surface area contributed by atoms with Crippen molar-refractivity contribution in [2.24, 2.45) is 16.7 Å². The molecule has 0 aromatic heterocycles. The lowest BCUT2D eigenvalue weighted by atomic mass is 9.70. The fourth-order valence-corrected chi connectivity index (χ4v) is 4.92. The zero-order chi connectivity index (χ0) is 15.4. The van der Waals surface area contributed by atoms with Gasteiger partial charge in [0.05, 0.1) is 6.10 Å². The third-order valence-electron chi connectivity index (χ3n) is 6.82. The highest BCUT2D eigenvalue weighted by Gasteiger charge is 2.66. The monoisotopic (exact) mass is 287 g/mol. The van der Waals surface area contributed by atoms with Crippen molar-refractivity contribution in [1.82, 2.24) is 4.90 Å². The molecular formula is C19H29NO. The quantitative estimate of drug-likeness (QED) is 0.918. The molecule has 4 atom stereocenters. The number of hydrogen-bond donors (Lipinski definition) is 1. The molecule has 0 radical (unpaired) electrons. The molecule has 2 nitrogen and oxygen atoms in total. The maximum absolute atomic E-state index is 10.9. The normalized spacial score (nSPS) is 37.4. The van der Waals surface area contributed by atoms with Gasteiger partial charge in [0, 0.05) is 18.0 Å². The van der Waals surface area contributed by atoms with E-state index in [1.807, 2.05) is 0 Å². The molecule has 0 amide bonds. The Hall–Kier alpha value is -0.860. The number of aliphatic hydroxyl groups is 1. The van der Waals surface area contributed by atoms with Crippen LogP contribution < -0.4 is 0 Å². The van der Waals surface area contributed by atoms with E-state index in [2.05, 4.69) is 63.9 Å². The van der Waals surface area contributed by atoms with E-state index >= 15 is 0 Å². The highest BCUT2D eigenvalue weighted by atomic mass is 16.3. The second kappa shape index (κ2) is 4.82. The first-order valence-electron chi connectivity index (χ1n) is 8.21. The standard InChI is InChI=1S/C19H29NO/c1-13-6-8-14(9-7-13)12-20(5)16-15-10-11-19(4,17(16)21)18(15,2)3/h6-9,15-17,21H,10-12H2,1-5H3/t15-,16-,17-,19+/m1/s1. The number of hydrogen-bond acceptors (Lipinski definition) is 2. The smallest absolute Gasteiger partial charge is 0.0756 e. The summed E-state index contributed by atoms with van der Waals surface area (Å²) in [4.78, 5) is 2.38. The van der Waals surface area contributed by atoms with Crippen molar-refractivity contribution in [1.29, 1.82) is 0 Å². The first-order valence-corrected chi connectivity index (χ1v) is 8.21. The van der Waals surface area contributed by atoms with E-state index < -0.39 is 0 Å². The van der Waals surface area contributed by atoms with Gasteiger partial charge in [0.2, 0.25) is 0 Å². The molecule has 0 heterocycles. The summed E-state index contributed by atoms with van der Waals surface area (Å²) in [6.07, 6.45) is 2.21. The lowest BCUT2D eigenvalue weighted by Gasteiger charge is -2.39. The molecule has 2 heteroatoms. The minimum atomic E-state index is -0.207. The van der Waals surface area contributed by atoms with Crippen LogP contribution in [0.25, 0.3) is 0 Å². The minimum absolute atomic E-state index is 0.0733. The van der Waals surface area contributed by atoms with Gasteiger partial charge in [-0.3, -0.25) is 4.90 Å².